The topological polar surface area (TPSA) is 46.4 Å². The number of fused-ring (bicyclic) bond motifs is 1. The van der Waals surface area contributed by atoms with Crippen LogP contribution in [0.2, 0.25) is 0 Å². The molecule has 2 aromatic carbocycles. The Morgan fingerprint density at radius 3 is 2.57 bits per heavy atom. The molecule has 4 aromatic rings. The van der Waals surface area contributed by atoms with Crippen LogP contribution in [0, 0.1) is 19.7 Å². The van der Waals surface area contributed by atoms with E-state index < -0.39 is 5.41 Å². The first-order chi connectivity index (χ1) is 14.4. The molecule has 0 aliphatic heterocycles. The highest BCUT2D eigenvalue weighted by Gasteiger charge is 2.51. The van der Waals surface area contributed by atoms with Crippen molar-refractivity contribution in [3.05, 3.63) is 89.5 Å². The standard InChI is InChI=1S/C25H22FN3O/c1-16-9-12-29-15-22(27-23(29)13-16)18-4-3-17(2)21(14-18)28-24(30)25(10-11-25)19-5-7-20(26)8-6-19/h3-9,12-15H,10-11H2,1-2H3,(H,28,30). The molecule has 150 valence electrons. The number of halogens is 1. The molecule has 0 spiro atoms. The van der Waals surface area contributed by atoms with Crippen molar-refractivity contribution in [2.75, 3.05) is 5.32 Å². The van der Waals surface area contributed by atoms with E-state index in [-0.39, 0.29) is 11.7 Å². The fourth-order valence-electron chi connectivity index (χ4n) is 3.92. The third-order valence-electron chi connectivity index (χ3n) is 5.98. The van der Waals surface area contributed by atoms with Gasteiger partial charge in [-0.05, 0) is 73.7 Å². The van der Waals surface area contributed by atoms with E-state index in [2.05, 4.69) is 5.32 Å². The number of hydrogen-bond acceptors (Lipinski definition) is 2. The first-order valence-corrected chi connectivity index (χ1v) is 10.1. The van der Waals surface area contributed by atoms with E-state index in [9.17, 15) is 9.18 Å². The minimum absolute atomic E-state index is 0.0417. The van der Waals surface area contributed by atoms with Crippen LogP contribution in [0.3, 0.4) is 0 Å². The second kappa shape index (κ2) is 6.80. The Morgan fingerprint density at radius 1 is 1.07 bits per heavy atom. The van der Waals surface area contributed by atoms with Crippen LogP contribution >= 0.6 is 0 Å². The first kappa shape index (κ1) is 18.6. The number of aromatic nitrogens is 2. The Morgan fingerprint density at radius 2 is 1.83 bits per heavy atom. The van der Waals surface area contributed by atoms with Gasteiger partial charge in [0, 0.05) is 23.6 Å². The largest absolute Gasteiger partial charge is 0.325 e. The van der Waals surface area contributed by atoms with Gasteiger partial charge in [0.1, 0.15) is 11.5 Å². The van der Waals surface area contributed by atoms with Gasteiger partial charge in [-0.2, -0.15) is 0 Å². The van der Waals surface area contributed by atoms with Gasteiger partial charge in [-0.25, -0.2) is 9.37 Å². The lowest BCUT2D eigenvalue weighted by atomic mass is 9.94. The molecule has 0 radical (unpaired) electrons. The summed E-state index contributed by atoms with van der Waals surface area (Å²) in [5.41, 5.74) is 5.93. The molecule has 5 rings (SSSR count). The maximum absolute atomic E-state index is 13.3. The fraction of sp³-hybridized carbons (Fsp3) is 0.200. The van der Waals surface area contributed by atoms with Crippen LogP contribution in [0.25, 0.3) is 16.9 Å². The molecule has 0 atom stereocenters. The van der Waals surface area contributed by atoms with Crippen LogP contribution in [0.15, 0.2) is 67.0 Å². The van der Waals surface area contributed by atoms with Crippen LogP contribution in [0.5, 0.6) is 0 Å². The monoisotopic (exact) mass is 399 g/mol. The molecule has 2 aromatic heterocycles. The number of nitrogens with one attached hydrogen (secondary N) is 1. The van der Waals surface area contributed by atoms with Crippen LogP contribution in [-0.2, 0) is 10.2 Å². The fourth-order valence-corrected chi connectivity index (χ4v) is 3.92. The van der Waals surface area contributed by atoms with Gasteiger partial charge in [-0.1, -0.05) is 24.3 Å². The number of benzene rings is 2. The van der Waals surface area contributed by atoms with Gasteiger partial charge in [-0.3, -0.25) is 4.79 Å². The zero-order valence-electron chi connectivity index (χ0n) is 16.9. The van der Waals surface area contributed by atoms with Crippen molar-refractivity contribution in [1.29, 1.82) is 0 Å². The highest BCUT2D eigenvalue weighted by molar-refractivity contribution is 6.02. The lowest BCUT2D eigenvalue weighted by Crippen LogP contribution is -2.28. The summed E-state index contributed by atoms with van der Waals surface area (Å²) in [6.07, 6.45) is 5.54. The molecule has 0 unspecified atom stereocenters. The average Bonchev–Trinajstić information content (AvgIpc) is 3.44. The molecule has 1 saturated carbocycles. The zero-order chi connectivity index (χ0) is 20.9. The summed E-state index contributed by atoms with van der Waals surface area (Å²) < 4.78 is 15.3. The summed E-state index contributed by atoms with van der Waals surface area (Å²) in [5, 5.41) is 3.11. The highest BCUT2D eigenvalue weighted by Crippen LogP contribution is 2.49. The van der Waals surface area contributed by atoms with Crippen LogP contribution in [-0.4, -0.2) is 15.3 Å². The lowest BCUT2D eigenvalue weighted by Gasteiger charge is -2.17. The average molecular weight is 399 g/mol. The summed E-state index contributed by atoms with van der Waals surface area (Å²) in [5.74, 6) is -0.332. The van der Waals surface area contributed by atoms with Crippen molar-refractivity contribution in [2.45, 2.75) is 32.1 Å². The molecule has 1 aliphatic rings. The van der Waals surface area contributed by atoms with Crippen LogP contribution < -0.4 is 5.32 Å². The molecule has 0 bridgehead atoms. The predicted octanol–water partition coefficient (Wildman–Crippen LogP) is 5.43. The van der Waals surface area contributed by atoms with Gasteiger partial charge in [-0.15, -0.1) is 0 Å². The molecule has 5 heteroatoms. The maximum atomic E-state index is 13.3. The van der Waals surface area contributed by atoms with Crippen molar-refractivity contribution in [3.8, 4) is 11.3 Å². The SMILES string of the molecule is Cc1ccn2cc(-c3ccc(C)c(NC(=O)C4(c5ccc(F)cc5)CC4)c3)nc2c1. The Balaban J connectivity index is 1.45. The molecule has 4 nitrogen and oxygen atoms in total. The summed E-state index contributed by atoms with van der Waals surface area (Å²) in [6.45, 7) is 4.02. The normalized spacial score (nSPS) is 14.6. The van der Waals surface area contributed by atoms with Crippen molar-refractivity contribution in [2.24, 2.45) is 0 Å². The summed E-state index contributed by atoms with van der Waals surface area (Å²) >= 11 is 0. The summed E-state index contributed by atoms with van der Waals surface area (Å²) in [7, 11) is 0. The molecule has 1 N–H and O–H groups in total. The van der Waals surface area contributed by atoms with E-state index in [0.29, 0.717) is 0 Å². The highest BCUT2D eigenvalue weighted by atomic mass is 19.1. The van der Waals surface area contributed by atoms with Gasteiger partial charge in [0.05, 0.1) is 11.1 Å². The Bertz CT molecular complexity index is 1270. The molecule has 1 fully saturated rings. The summed E-state index contributed by atoms with van der Waals surface area (Å²) in [6, 6.07) is 16.3. The van der Waals surface area contributed by atoms with E-state index in [1.807, 2.05) is 61.0 Å². The van der Waals surface area contributed by atoms with E-state index in [1.165, 1.54) is 12.1 Å². The van der Waals surface area contributed by atoms with Gasteiger partial charge >= 0.3 is 0 Å². The molecule has 30 heavy (non-hydrogen) atoms. The second-order valence-electron chi connectivity index (χ2n) is 8.17. The van der Waals surface area contributed by atoms with Crippen LogP contribution in [0.1, 0.15) is 29.5 Å². The number of hydrogen-bond donors (Lipinski definition) is 1. The minimum atomic E-state index is -0.559. The number of aryl methyl sites for hydroxylation is 2. The molecule has 0 saturated heterocycles. The van der Waals surface area contributed by atoms with Crippen LogP contribution in [0.4, 0.5) is 10.1 Å². The number of carbonyl (C=O) groups excluding carboxylic acids is 1. The van der Waals surface area contributed by atoms with Crippen molar-refractivity contribution < 1.29 is 9.18 Å². The Hall–Kier alpha value is -3.47. The number of nitrogens with zero attached hydrogens (tertiary/aromatic N) is 2. The molecule has 1 amide bonds. The number of amides is 1. The smallest absolute Gasteiger partial charge is 0.235 e. The number of rotatable bonds is 4. The maximum Gasteiger partial charge on any atom is 0.235 e. The predicted molar refractivity (Wildman–Crippen MR) is 116 cm³/mol. The Kier molecular flexibility index (Phi) is 4.21. The van der Waals surface area contributed by atoms with Crippen molar-refractivity contribution in [1.82, 2.24) is 9.38 Å². The van der Waals surface area contributed by atoms with Gasteiger partial charge in [0.25, 0.3) is 0 Å². The molecular formula is C25H22FN3O. The summed E-state index contributed by atoms with van der Waals surface area (Å²) in [4.78, 5) is 17.9. The lowest BCUT2D eigenvalue weighted by molar-refractivity contribution is -0.118. The molecular weight excluding hydrogens is 377 g/mol. The Labute approximate surface area is 174 Å². The van der Waals surface area contributed by atoms with Gasteiger partial charge in [0.15, 0.2) is 0 Å². The van der Waals surface area contributed by atoms with E-state index in [4.69, 9.17) is 4.98 Å². The number of pyridine rings is 1. The van der Waals surface area contributed by atoms with Gasteiger partial charge < -0.3 is 9.72 Å². The van der Waals surface area contributed by atoms with E-state index in [1.54, 1.807) is 12.1 Å². The molecule has 1 aliphatic carbocycles. The minimum Gasteiger partial charge on any atom is -0.325 e. The quantitative estimate of drug-likeness (QED) is 0.498. The zero-order valence-corrected chi connectivity index (χ0v) is 16.9. The van der Waals surface area contributed by atoms with Crippen molar-refractivity contribution in [3.63, 3.8) is 0 Å². The van der Waals surface area contributed by atoms with E-state index >= 15 is 0 Å². The third-order valence-corrected chi connectivity index (χ3v) is 5.98. The van der Waals surface area contributed by atoms with Gasteiger partial charge in [0.2, 0.25) is 5.91 Å². The third kappa shape index (κ3) is 3.16. The second-order valence-corrected chi connectivity index (χ2v) is 8.17. The number of anilines is 1. The number of imidazole rings is 1. The van der Waals surface area contributed by atoms with Crippen molar-refractivity contribution >= 4 is 17.2 Å². The van der Waals surface area contributed by atoms with E-state index in [0.717, 1.165) is 52.1 Å². The number of carbonyl (C=O) groups is 1. The molecule has 2 heterocycles. The first-order valence-electron chi connectivity index (χ1n) is 10.1.